The number of methoxy groups -OCH3 is 1. The van der Waals surface area contributed by atoms with Crippen LogP contribution >= 0.6 is 22.6 Å². The Labute approximate surface area is 132 Å². The Morgan fingerprint density at radius 3 is 2.45 bits per heavy atom. The van der Waals surface area contributed by atoms with Crippen LogP contribution in [-0.2, 0) is 6.42 Å². The third kappa shape index (κ3) is 3.70. The number of halogens is 2. The van der Waals surface area contributed by atoms with Gasteiger partial charge in [-0.3, -0.25) is 0 Å². The number of ether oxygens (including phenoxy) is 1. The molecule has 0 aromatic heterocycles. The summed E-state index contributed by atoms with van der Waals surface area (Å²) in [4.78, 5) is 0. The van der Waals surface area contributed by atoms with Crippen molar-refractivity contribution in [3.05, 3.63) is 63.0 Å². The average molecular weight is 385 g/mol. The molecule has 1 unspecified atom stereocenters. The van der Waals surface area contributed by atoms with E-state index < -0.39 is 0 Å². The van der Waals surface area contributed by atoms with Crippen molar-refractivity contribution < 1.29 is 9.13 Å². The maximum Gasteiger partial charge on any atom is 0.131 e. The van der Waals surface area contributed by atoms with E-state index in [0.717, 1.165) is 6.42 Å². The predicted octanol–water partition coefficient (Wildman–Crippen LogP) is 3.94. The van der Waals surface area contributed by atoms with Crippen LogP contribution in [0.4, 0.5) is 4.39 Å². The zero-order valence-corrected chi connectivity index (χ0v) is 13.6. The molecule has 0 aliphatic heterocycles. The van der Waals surface area contributed by atoms with Gasteiger partial charge in [-0.2, -0.15) is 0 Å². The smallest absolute Gasteiger partial charge is 0.131 e. The van der Waals surface area contributed by atoms with Crippen molar-refractivity contribution in [3.8, 4) is 5.75 Å². The third-order valence-corrected chi connectivity index (χ3v) is 4.00. The first-order valence-electron chi connectivity index (χ1n) is 6.39. The van der Waals surface area contributed by atoms with Gasteiger partial charge in [0.1, 0.15) is 11.6 Å². The normalized spacial score (nSPS) is 12.2. The zero-order valence-electron chi connectivity index (χ0n) is 11.5. The van der Waals surface area contributed by atoms with Crippen LogP contribution in [0.5, 0.6) is 5.75 Å². The van der Waals surface area contributed by atoms with E-state index in [0.29, 0.717) is 11.3 Å². The zero-order chi connectivity index (χ0) is 14.5. The lowest BCUT2D eigenvalue weighted by Crippen LogP contribution is -2.20. The summed E-state index contributed by atoms with van der Waals surface area (Å²) < 4.78 is 20.4. The van der Waals surface area contributed by atoms with Crippen LogP contribution in [0.15, 0.2) is 42.5 Å². The molecule has 2 aromatic carbocycles. The van der Waals surface area contributed by atoms with Crippen LogP contribution in [0.2, 0.25) is 0 Å². The van der Waals surface area contributed by atoms with E-state index in [1.165, 1.54) is 22.3 Å². The van der Waals surface area contributed by atoms with E-state index in [-0.39, 0.29) is 11.9 Å². The topological polar surface area (TPSA) is 21.3 Å². The van der Waals surface area contributed by atoms with Crippen LogP contribution < -0.4 is 10.1 Å². The Balaban J connectivity index is 2.21. The molecule has 2 nitrogen and oxygen atoms in total. The van der Waals surface area contributed by atoms with E-state index in [1.807, 2.05) is 7.05 Å². The highest BCUT2D eigenvalue weighted by atomic mass is 127. The number of benzene rings is 2. The Bertz CT molecular complexity index is 571. The molecule has 106 valence electrons. The third-order valence-electron chi connectivity index (χ3n) is 3.28. The first kappa shape index (κ1) is 15.3. The van der Waals surface area contributed by atoms with E-state index in [9.17, 15) is 4.39 Å². The molecule has 0 bridgehead atoms. The van der Waals surface area contributed by atoms with Gasteiger partial charge in [-0.15, -0.1) is 0 Å². The lowest BCUT2D eigenvalue weighted by atomic mass is 9.98. The van der Waals surface area contributed by atoms with E-state index in [2.05, 4.69) is 52.2 Å². The maximum absolute atomic E-state index is 14.1. The van der Waals surface area contributed by atoms with Gasteiger partial charge in [-0.05, 0) is 59.8 Å². The van der Waals surface area contributed by atoms with Crippen molar-refractivity contribution in [1.82, 2.24) is 5.32 Å². The van der Waals surface area contributed by atoms with Crippen LogP contribution in [0, 0.1) is 9.39 Å². The number of rotatable bonds is 5. The molecule has 1 N–H and O–H groups in total. The predicted molar refractivity (Wildman–Crippen MR) is 87.6 cm³/mol. The molecule has 0 fully saturated rings. The fraction of sp³-hybridized carbons (Fsp3) is 0.250. The summed E-state index contributed by atoms with van der Waals surface area (Å²) in [5, 5.41) is 3.18. The van der Waals surface area contributed by atoms with E-state index >= 15 is 0 Å². The summed E-state index contributed by atoms with van der Waals surface area (Å²) in [6, 6.07) is 13.2. The van der Waals surface area contributed by atoms with Crippen LogP contribution in [0.25, 0.3) is 0 Å². The molecule has 0 heterocycles. The lowest BCUT2D eigenvalue weighted by Gasteiger charge is -2.18. The molecule has 0 radical (unpaired) electrons. The monoisotopic (exact) mass is 385 g/mol. The van der Waals surface area contributed by atoms with Gasteiger partial charge in [0.2, 0.25) is 0 Å². The number of hydrogen-bond acceptors (Lipinski definition) is 2. The molecular formula is C16H17FINO. The average Bonchev–Trinajstić information content (AvgIpc) is 2.47. The van der Waals surface area contributed by atoms with Crippen LogP contribution in [-0.4, -0.2) is 14.2 Å². The van der Waals surface area contributed by atoms with Gasteiger partial charge in [-0.1, -0.05) is 18.2 Å². The van der Waals surface area contributed by atoms with Gasteiger partial charge < -0.3 is 10.1 Å². The number of nitrogens with one attached hydrogen (secondary N) is 1. The fourth-order valence-corrected chi connectivity index (χ4v) is 2.50. The van der Waals surface area contributed by atoms with Crippen molar-refractivity contribution >= 4 is 22.6 Å². The van der Waals surface area contributed by atoms with Gasteiger partial charge in [-0.25, -0.2) is 4.39 Å². The molecule has 2 rings (SSSR count). The summed E-state index contributed by atoms with van der Waals surface area (Å²) in [6.45, 7) is 0. The molecule has 20 heavy (non-hydrogen) atoms. The highest BCUT2D eigenvalue weighted by Crippen LogP contribution is 2.24. The molecule has 2 aromatic rings. The van der Waals surface area contributed by atoms with Crippen molar-refractivity contribution in [2.75, 3.05) is 14.2 Å². The summed E-state index contributed by atoms with van der Waals surface area (Å²) >= 11 is 2.27. The Morgan fingerprint density at radius 2 is 1.90 bits per heavy atom. The molecule has 0 amide bonds. The fourth-order valence-electron chi connectivity index (χ4n) is 2.14. The molecule has 0 aliphatic rings. The van der Waals surface area contributed by atoms with Crippen LogP contribution in [0.3, 0.4) is 0 Å². The molecule has 0 aliphatic carbocycles. The molecule has 4 heteroatoms. The molecular weight excluding hydrogens is 368 g/mol. The van der Waals surface area contributed by atoms with Crippen molar-refractivity contribution in [2.45, 2.75) is 12.5 Å². The minimum Gasteiger partial charge on any atom is -0.497 e. The standard InChI is InChI=1S/C16H17FINO/c1-19-16(9-11-3-5-12(18)6-4-11)14-8-7-13(20-2)10-15(14)17/h3-8,10,16,19H,9H2,1-2H3. The highest BCUT2D eigenvalue weighted by Gasteiger charge is 2.15. The lowest BCUT2D eigenvalue weighted by molar-refractivity contribution is 0.409. The molecule has 0 saturated carbocycles. The minimum absolute atomic E-state index is 0.0547. The quantitative estimate of drug-likeness (QED) is 0.788. The summed E-state index contributed by atoms with van der Waals surface area (Å²) in [7, 11) is 3.39. The first-order chi connectivity index (χ1) is 9.63. The van der Waals surface area contributed by atoms with Crippen molar-refractivity contribution in [3.63, 3.8) is 0 Å². The SMILES string of the molecule is CNC(Cc1ccc(I)cc1)c1ccc(OC)cc1F. The van der Waals surface area contributed by atoms with Gasteiger partial charge in [0.05, 0.1) is 7.11 Å². The van der Waals surface area contributed by atoms with E-state index in [4.69, 9.17) is 4.74 Å². The van der Waals surface area contributed by atoms with E-state index in [1.54, 1.807) is 12.1 Å². The molecule has 1 atom stereocenters. The summed E-state index contributed by atoms with van der Waals surface area (Å²) in [5.41, 5.74) is 1.84. The first-order valence-corrected chi connectivity index (χ1v) is 7.47. The second kappa shape index (κ2) is 7.04. The second-order valence-corrected chi connectivity index (χ2v) is 5.80. The van der Waals surface area contributed by atoms with Gasteiger partial charge in [0, 0.05) is 21.2 Å². The highest BCUT2D eigenvalue weighted by molar-refractivity contribution is 14.1. The summed E-state index contributed by atoms with van der Waals surface area (Å²) in [6.07, 6.45) is 0.747. The second-order valence-electron chi connectivity index (χ2n) is 4.56. The van der Waals surface area contributed by atoms with Gasteiger partial charge in [0.25, 0.3) is 0 Å². The van der Waals surface area contributed by atoms with Gasteiger partial charge in [0.15, 0.2) is 0 Å². The number of likely N-dealkylation sites (N-methyl/N-ethyl adjacent to an activating group) is 1. The van der Waals surface area contributed by atoms with Crippen LogP contribution in [0.1, 0.15) is 17.2 Å². The van der Waals surface area contributed by atoms with Crippen molar-refractivity contribution in [2.24, 2.45) is 0 Å². The largest absolute Gasteiger partial charge is 0.497 e. The number of hydrogen-bond donors (Lipinski definition) is 1. The molecule has 0 spiro atoms. The maximum atomic E-state index is 14.1. The Kier molecular flexibility index (Phi) is 5.37. The molecule has 0 saturated heterocycles. The van der Waals surface area contributed by atoms with Gasteiger partial charge >= 0.3 is 0 Å². The Hall–Kier alpha value is -1.14. The Morgan fingerprint density at radius 1 is 1.20 bits per heavy atom. The summed E-state index contributed by atoms with van der Waals surface area (Å²) in [5.74, 6) is 0.296. The van der Waals surface area contributed by atoms with Crippen molar-refractivity contribution in [1.29, 1.82) is 0 Å². The minimum atomic E-state index is -0.241.